The summed E-state index contributed by atoms with van der Waals surface area (Å²) in [6.45, 7) is 4.76. The predicted molar refractivity (Wildman–Crippen MR) is 210 cm³/mol. The molecule has 1 aliphatic carbocycles. The van der Waals surface area contributed by atoms with Crippen LogP contribution in [0.5, 0.6) is 11.5 Å². The van der Waals surface area contributed by atoms with Crippen molar-refractivity contribution in [3.63, 3.8) is 0 Å². The van der Waals surface area contributed by atoms with E-state index in [0.29, 0.717) is 59.1 Å². The summed E-state index contributed by atoms with van der Waals surface area (Å²) in [5.74, 6) is 1.24. The van der Waals surface area contributed by atoms with Crippen molar-refractivity contribution in [2.45, 2.75) is 88.7 Å². The summed E-state index contributed by atoms with van der Waals surface area (Å²) in [5.41, 5.74) is 4.67. The van der Waals surface area contributed by atoms with E-state index in [4.69, 9.17) is 32.7 Å². The smallest absolute Gasteiger partial charge is 0.243 e. The van der Waals surface area contributed by atoms with Gasteiger partial charge in [-0.15, -0.1) is 0 Å². The van der Waals surface area contributed by atoms with Gasteiger partial charge < -0.3 is 19.7 Å². The number of carbonyl (C=O) groups excluding carboxylic acids is 2. The molecule has 3 saturated heterocycles. The van der Waals surface area contributed by atoms with Crippen LogP contribution in [0.15, 0.2) is 48.8 Å². The number of halogens is 3. The van der Waals surface area contributed by atoms with Crippen molar-refractivity contribution in [3.05, 3.63) is 75.8 Å². The van der Waals surface area contributed by atoms with Crippen LogP contribution in [0.3, 0.4) is 0 Å². The summed E-state index contributed by atoms with van der Waals surface area (Å²) in [5, 5.41) is 6.22. The first-order chi connectivity index (χ1) is 26.7. The van der Waals surface area contributed by atoms with E-state index in [1.807, 2.05) is 12.1 Å². The largest absolute Gasteiger partial charge is 0.493 e. The lowest BCUT2D eigenvalue weighted by Crippen LogP contribution is -2.55. The molecule has 4 aromatic rings. The molecule has 2 bridgehead atoms. The highest BCUT2D eigenvalue weighted by Gasteiger charge is 2.41. The number of methoxy groups -OCH3 is 1. The molecular formula is C41H44Cl2FN7O4. The van der Waals surface area contributed by atoms with Crippen LogP contribution >= 0.6 is 23.2 Å². The van der Waals surface area contributed by atoms with Crippen molar-refractivity contribution < 1.29 is 23.5 Å². The lowest BCUT2D eigenvalue weighted by atomic mass is 9.86. The third kappa shape index (κ3) is 7.18. The molecule has 4 fully saturated rings. The van der Waals surface area contributed by atoms with E-state index in [0.717, 1.165) is 58.4 Å². The first-order valence-electron chi connectivity index (χ1n) is 19.3. The Kier molecular flexibility index (Phi) is 9.95. The number of piperidine rings is 1. The van der Waals surface area contributed by atoms with Crippen molar-refractivity contribution >= 4 is 63.1 Å². The van der Waals surface area contributed by atoms with Gasteiger partial charge in [-0.25, -0.2) is 14.4 Å². The third-order valence-corrected chi connectivity index (χ3v) is 13.0. The lowest BCUT2D eigenvalue weighted by Gasteiger charge is -2.44. The Morgan fingerprint density at radius 2 is 1.69 bits per heavy atom. The van der Waals surface area contributed by atoms with Crippen LogP contribution in [-0.4, -0.2) is 82.6 Å². The van der Waals surface area contributed by atoms with Crippen molar-refractivity contribution in [3.8, 4) is 11.5 Å². The summed E-state index contributed by atoms with van der Waals surface area (Å²) in [4.78, 5) is 40.6. The molecule has 2 N–H and O–H groups in total. The Bertz CT molecular complexity index is 2140. The maximum atomic E-state index is 14.9. The molecule has 1 saturated carbocycles. The fourth-order valence-corrected chi connectivity index (χ4v) is 9.83. The molecule has 1 aromatic heterocycles. The SMILES string of the molecule is COc1cc2ncnc(Nc3ccc(Cl)c(Cl)c3F)c2cc1OC1CCC(CN2CC3CCC(C2)N3c2ccc3c(c2)CN(C2CCC(=O)NC2=O)C3)CC1. The highest BCUT2D eigenvalue weighted by molar-refractivity contribution is 6.42. The van der Waals surface area contributed by atoms with Crippen LogP contribution in [0.4, 0.5) is 21.6 Å². The van der Waals surface area contributed by atoms with Gasteiger partial charge in [-0.1, -0.05) is 29.3 Å². The topological polar surface area (TPSA) is 112 Å². The van der Waals surface area contributed by atoms with E-state index in [1.54, 1.807) is 7.11 Å². The monoisotopic (exact) mass is 787 g/mol. The zero-order valence-electron chi connectivity index (χ0n) is 30.7. The minimum absolute atomic E-state index is 0.0508. The second kappa shape index (κ2) is 15.0. The van der Waals surface area contributed by atoms with E-state index in [1.165, 1.54) is 48.1 Å². The Balaban J connectivity index is 0.805. The number of imide groups is 1. The van der Waals surface area contributed by atoms with E-state index in [-0.39, 0.29) is 39.7 Å². The maximum absolute atomic E-state index is 14.9. The lowest BCUT2D eigenvalue weighted by molar-refractivity contribution is -0.137. The number of hydrogen-bond donors (Lipinski definition) is 2. The molecular weight excluding hydrogens is 744 g/mol. The summed E-state index contributed by atoms with van der Waals surface area (Å²) in [7, 11) is 1.62. The van der Waals surface area contributed by atoms with E-state index in [9.17, 15) is 14.0 Å². The quantitative estimate of drug-likeness (QED) is 0.133. The number of aromatic nitrogens is 2. The summed E-state index contributed by atoms with van der Waals surface area (Å²) >= 11 is 12.1. The first kappa shape index (κ1) is 36.4. The zero-order valence-corrected chi connectivity index (χ0v) is 32.2. The minimum atomic E-state index is -0.655. The van der Waals surface area contributed by atoms with Gasteiger partial charge in [0.15, 0.2) is 17.3 Å². The number of amides is 2. The van der Waals surface area contributed by atoms with Gasteiger partial charge in [0.25, 0.3) is 0 Å². The predicted octanol–water partition coefficient (Wildman–Crippen LogP) is 7.24. The molecule has 3 unspecified atom stereocenters. The summed E-state index contributed by atoms with van der Waals surface area (Å²) < 4.78 is 27.2. The van der Waals surface area contributed by atoms with Crippen LogP contribution in [-0.2, 0) is 22.7 Å². The first-order valence-corrected chi connectivity index (χ1v) is 20.1. The number of piperazine rings is 1. The van der Waals surface area contributed by atoms with E-state index < -0.39 is 5.82 Å². The highest BCUT2D eigenvalue weighted by atomic mass is 35.5. The van der Waals surface area contributed by atoms with Gasteiger partial charge >= 0.3 is 0 Å². The van der Waals surface area contributed by atoms with Gasteiger partial charge in [0.2, 0.25) is 11.8 Å². The number of anilines is 3. The third-order valence-electron chi connectivity index (χ3n) is 12.3. The molecule has 11 nitrogen and oxygen atoms in total. The Morgan fingerprint density at radius 3 is 2.45 bits per heavy atom. The van der Waals surface area contributed by atoms with Gasteiger partial charge in [0.1, 0.15) is 12.1 Å². The second-order valence-electron chi connectivity index (χ2n) is 15.7. The van der Waals surface area contributed by atoms with Crippen LogP contribution < -0.4 is 25.0 Å². The van der Waals surface area contributed by atoms with Crippen molar-refractivity contribution in [2.24, 2.45) is 5.92 Å². The molecule has 2 amide bonds. The van der Waals surface area contributed by atoms with Gasteiger partial charge in [-0.05, 0) is 92.3 Å². The second-order valence-corrected chi connectivity index (χ2v) is 16.5. The Hall–Kier alpha value is -4.23. The molecule has 3 atom stereocenters. The number of nitrogens with zero attached hydrogens (tertiary/aromatic N) is 5. The van der Waals surface area contributed by atoms with Crippen molar-refractivity contribution in [2.75, 3.05) is 37.0 Å². The van der Waals surface area contributed by atoms with Crippen LogP contribution in [0, 0.1) is 11.7 Å². The van der Waals surface area contributed by atoms with E-state index in [2.05, 4.69) is 53.5 Å². The normalized spacial score (nSPS) is 25.6. The van der Waals surface area contributed by atoms with E-state index >= 15 is 0 Å². The Morgan fingerprint density at radius 1 is 0.909 bits per heavy atom. The van der Waals surface area contributed by atoms with Gasteiger partial charge in [0.05, 0.1) is 40.5 Å². The molecule has 55 heavy (non-hydrogen) atoms. The van der Waals surface area contributed by atoms with Crippen LogP contribution in [0.25, 0.3) is 10.9 Å². The van der Waals surface area contributed by atoms with Gasteiger partial charge in [-0.3, -0.25) is 24.7 Å². The van der Waals surface area contributed by atoms with Crippen molar-refractivity contribution in [1.82, 2.24) is 25.1 Å². The molecule has 5 aliphatic rings. The average Bonchev–Trinajstić information content (AvgIpc) is 3.72. The molecule has 3 aromatic carbocycles. The molecule has 9 rings (SSSR count). The van der Waals surface area contributed by atoms with Gasteiger partial charge in [-0.2, -0.15) is 0 Å². The van der Waals surface area contributed by atoms with Crippen LogP contribution in [0.1, 0.15) is 62.5 Å². The number of likely N-dealkylation sites (tertiary alicyclic amines) is 1. The number of rotatable bonds is 9. The standard InChI is InChI=1S/C41H44Cl2FN7O4/c1-54-35-16-33-30(40(46-22-45-33)47-32-11-10-31(42)38(43)39(32)44)15-36(35)55-29-8-2-23(3-9-29)17-49-20-27-6-7-28(21-49)51(27)26-5-4-24-18-50(19-25(24)14-26)34-12-13-37(52)48-41(34)53/h4-5,10-11,14-16,22-23,27-29,34H,2-3,6-9,12-13,17-21H2,1H3,(H,45,46,47)(H,48,52,53). The van der Waals surface area contributed by atoms with Gasteiger partial charge in [0, 0.05) is 68.4 Å². The fourth-order valence-electron chi connectivity index (χ4n) is 9.52. The molecule has 0 spiro atoms. The number of benzene rings is 3. The molecule has 4 aliphatic heterocycles. The number of hydrogen-bond acceptors (Lipinski definition) is 10. The highest BCUT2D eigenvalue weighted by Crippen LogP contribution is 2.41. The molecule has 14 heteroatoms. The number of nitrogens with one attached hydrogen (secondary N) is 2. The maximum Gasteiger partial charge on any atom is 0.243 e. The van der Waals surface area contributed by atoms with Crippen LogP contribution in [0.2, 0.25) is 10.0 Å². The molecule has 288 valence electrons. The fraction of sp³-hybridized carbons (Fsp3) is 0.463. The zero-order chi connectivity index (χ0) is 37.8. The number of ether oxygens (including phenoxy) is 2. The number of fused-ring (bicyclic) bond motifs is 4. The minimum Gasteiger partial charge on any atom is -0.493 e. The number of carbonyl (C=O) groups is 2. The summed E-state index contributed by atoms with van der Waals surface area (Å²) in [6.07, 6.45) is 8.97. The average molecular weight is 789 g/mol. The summed E-state index contributed by atoms with van der Waals surface area (Å²) in [6, 6.07) is 14.4. The van der Waals surface area contributed by atoms with Crippen molar-refractivity contribution in [1.29, 1.82) is 0 Å². The molecule has 5 heterocycles. The molecule has 0 radical (unpaired) electrons. The Labute approximate surface area is 329 Å².